The van der Waals surface area contributed by atoms with E-state index in [9.17, 15) is 4.79 Å². The second-order valence-corrected chi connectivity index (χ2v) is 6.34. The molecule has 3 nitrogen and oxygen atoms in total. The van der Waals surface area contributed by atoms with E-state index < -0.39 is 0 Å². The van der Waals surface area contributed by atoms with Crippen molar-refractivity contribution >= 4 is 23.6 Å². The van der Waals surface area contributed by atoms with Crippen molar-refractivity contribution in [2.75, 3.05) is 7.11 Å². The summed E-state index contributed by atoms with van der Waals surface area (Å²) in [7, 11) is 1.61. The molecule has 2 aromatic carbocycles. The lowest BCUT2D eigenvalue weighted by atomic mass is 10.1. The number of methoxy groups -OCH3 is 1. The van der Waals surface area contributed by atoms with Gasteiger partial charge in [-0.05, 0) is 42.7 Å². The summed E-state index contributed by atoms with van der Waals surface area (Å²) in [6.45, 7) is 0.640. The Labute approximate surface area is 147 Å². The lowest BCUT2D eigenvalue weighted by molar-refractivity contribution is -0.127. The molecule has 1 amide bonds. The Kier molecular flexibility index (Phi) is 5.21. The van der Waals surface area contributed by atoms with E-state index in [-0.39, 0.29) is 5.91 Å². The molecule has 0 radical (unpaired) electrons. The molecule has 0 heterocycles. The molecule has 4 heteroatoms. The first kappa shape index (κ1) is 16.6. The van der Waals surface area contributed by atoms with E-state index >= 15 is 0 Å². The van der Waals surface area contributed by atoms with E-state index in [0.717, 1.165) is 24.0 Å². The second-order valence-electron chi connectivity index (χ2n) is 5.90. The van der Waals surface area contributed by atoms with Crippen LogP contribution in [0.25, 0.3) is 6.08 Å². The summed E-state index contributed by atoms with van der Waals surface area (Å²) < 4.78 is 5.31. The van der Waals surface area contributed by atoms with E-state index in [1.165, 1.54) is 0 Å². The number of carbonyl (C=O) groups excluding carboxylic acids is 1. The van der Waals surface area contributed by atoms with Crippen molar-refractivity contribution in [3.8, 4) is 5.75 Å². The zero-order valence-corrected chi connectivity index (χ0v) is 14.4. The molecule has 2 aromatic rings. The number of rotatable bonds is 6. The first-order valence-electron chi connectivity index (χ1n) is 8.03. The fraction of sp³-hybridized carbons (Fsp3) is 0.250. The number of amides is 1. The van der Waals surface area contributed by atoms with Gasteiger partial charge in [0.25, 0.3) is 0 Å². The van der Waals surface area contributed by atoms with E-state index in [1.54, 1.807) is 37.5 Å². The summed E-state index contributed by atoms with van der Waals surface area (Å²) in [5.41, 5.74) is 1.94. The lowest BCUT2D eigenvalue weighted by Crippen LogP contribution is -2.31. The Morgan fingerprint density at radius 1 is 1.25 bits per heavy atom. The number of benzene rings is 2. The highest BCUT2D eigenvalue weighted by atomic mass is 35.5. The molecular formula is C20H20ClNO2. The average Bonchev–Trinajstić information content (AvgIpc) is 3.43. The average molecular weight is 342 g/mol. The van der Waals surface area contributed by atoms with Gasteiger partial charge in [-0.2, -0.15) is 0 Å². The van der Waals surface area contributed by atoms with E-state index in [1.807, 2.05) is 35.2 Å². The number of hydrogen-bond donors (Lipinski definition) is 0. The molecule has 0 N–H and O–H groups in total. The highest BCUT2D eigenvalue weighted by Gasteiger charge is 2.31. The molecule has 0 spiro atoms. The molecule has 24 heavy (non-hydrogen) atoms. The molecule has 0 unspecified atom stereocenters. The van der Waals surface area contributed by atoms with E-state index in [2.05, 4.69) is 0 Å². The van der Waals surface area contributed by atoms with Crippen molar-refractivity contribution in [2.24, 2.45) is 0 Å². The minimum Gasteiger partial charge on any atom is -0.496 e. The summed E-state index contributed by atoms with van der Waals surface area (Å²) in [6, 6.07) is 15.8. The largest absolute Gasteiger partial charge is 0.496 e. The van der Waals surface area contributed by atoms with Crippen LogP contribution in [0.1, 0.15) is 24.0 Å². The van der Waals surface area contributed by atoms with Gasteiger partial charge in [0.2, 0.25) is 5.91 Å². The zero-order valence-electron chi connectivity index (χ0n) is 13.6. The third-order valence-corrected chi connectivity index (χ3v) is 4.30. The molecule has 0 saturated heterocycles. The summed E-state index contributed by atoms with van der Waals surface area (Å²) in [6.07, 6.45) is 5.53. The minimum atomic E-state index is 0.0170. The Bertz CT molecular complexity index is 739. The van der Waals surface area contributed by atoms with Crippen molar-refractivity contribution < 1.29 is 9.53 Å². The van der Waals surface area contributed by atoms with Gasteiger partial charge in [-0.1, -0.05) is 41.9 Å². The van der Waals surface area contributed by atoms with Gasteiger partial charge in [-0.25, -0.2) is 0 Å². The fourth-order valence-electron chi connectivity index (χ4n) is 2.65. The van der Waals surface area contributed by atoms with Crippen LogP contribution in [0.3, 0.4) is 0 Å². The predicted molar refractivity (Wildman–Crippen MR) is 97.1 cm³/mol. The van der Waals surface area contributed by atoms with Gasteiger partial charge < -0.3 is 9.64 Å². The molecular weight excluding hydrogens is 322 g/mol. The van der Waals surface area contributed by atoms with Crippen molar-refractivity contribution in [1.82, 2.24) is 4.90 Å². The Balaban J connectivity index is 1.75. The van der Waals surface area contributed by atoms with Crippen LogP contribution in [0.4, 0.5) is 0 Å². The molecule has 1 aliphatic rings. The quantitative estimate of drug-likeness (QED) is 0.721. The number of hydrogen-bond acceptors (Lipinski definition) is 2. The maximum atomic E-state index is 12.7. The van der Waals surface area contributed by atoms with Crippen LogP contribution >= 0.6 is 11.6 Å². The van der Waals surface area contributed by atoms with Gasteiger partial charge in [0.15, 0.2) is 0 Å². The summed E-state index contributed by atoms with van der Waals surface area (Å²) in [5, 5.41) is 0.617. The zero-order chi connectivity index (χ0) is 16.9. The van der Waals surface area contributed by atoms with E-state index in [0.29, 0.717) is 23.4 Å². The molecule has 1 saturated carbocycles. The fourth-order valence-corrected chi connectivity index (χ4v) is 2.83. The van der Waals surface area contributed by atoms with Crippen molar-refractivity contribution in [3.05, 3.63) is 70.8 Å². The smallest absolute Gasteiger partial charge is 0.247 e. The Morgan fingerprint density at radius 3 is 2.67 bits per heavy atom. The van der Waals surface area contributed by atoms with Gasteiger partial charge in [-0.3, -0.25) is 4.79 Å². The van der Waals surface area contributed by atoms with Crippen LogP contribution in [0, 0.1) is 0 Å². The SMILES string of the molecule is COc1ccc(Cl)cc1/C=C/C(=O)N(Cc1ccccc1)C1CC1. The van der Waals surface area contributed by atoms with Crippen LogP contribution in [0.15, 0.2) is 54.6 Å². The second kappa shape index (κ2) is 7.54. The summed E-state index contributed by atoms with van der Waals surface area (Å²) >= 11 is 6.03. The third kappa shape index (κ3) is 4.18. The topological polar surface area (TPSA) is 29.5 Å². The minimum absolute atomic E-state index is 0.0170. The predicted octanol–water partition coefficient (Wildman–Crippen LogP) is 4.55. The normalized spacial score (nSPS) is 13.9. The number of halogens is 1. The molecule has 0 bridgehead atoms. The number of nitrogens with zero attached hydrogens (tertiary/aromatic N) is 1. The molecule has 1 aliphatic carbocycles. The lowest BCUT2D eigenvalue weighted by Gasteiger charge is -2.21. The summed E-state index contributed by atoms with van der Waals surface area (Å²) in [5.74, 6) is 0.716. The van der Waals surface area contributed by atoms with Crippen LogP contribution in [0.5, 0.6) is 5.75 Å². The van der Waals surface area contributed by atoms with Crippen molar-refractivity contribution in [2.45, 2.75) is 25.4 Å². The molecule has 1 fully saturated rings. The maximum absolute atomic E-state index is 12.7. The highest BCUT2D eigenvalue weighted by Crippen LogP contribution is 2.29. The van der Waals surface area contributed by atoms with Crippen LogP contribution in [-0.2, 0) is 11.3 Å². The maximum Gasteiger partial charge on any atom is 0.247 e. The van der Waals surface area contributed by atoms with Gasteiger partial charge >= 0.3 is 0 Å². The molecule has 124 valence electrons. The third-order valence-electron chi connectivity index (χ3n) is 4.06. The number of carbonyl (C=O) groups is 1. The summed E-state index contributed by atoms with van der Waals surface area (Å²) in [4.78, 5) is 14.6. The van der Waals surface area contributed by atoms with E-state index in [4.69, 9.17) is 16.3 Å². The van der Waals surface area contributed by atoms with Gasteiger partial charge in [0.05, 0.1) is 7.11 Å². The highest BCUT2D eigenvalue weighted by molar-refractivity contribution is 6.30. The van der Waals surface area contributed by atoms with Crippen LogP contribution < -0.4 is 4.74 Å². The Hall–Kier alpha value is -2.26. The molecule has 0 aromatic heterocycles. The molecule has 3 rings (SSSR count). The van der Waals surface area contributed by atoms with Crippen molar-refractivity contribution in [1.29, 1.82) is 0 Å². The standard InChI is InChI=1S/C20H20ClNO2/c1-24-19-11-8-17(21)13-16(19)7-12-20(23)22(18-9-10-18)14-15-5-3-2-4-6-15/h2-8,11-13,18H,9-10,14H2,1H3/b12-7+. The first-order valence-corrected chi connectivity index (χ1v) is 8.41. The Morgan fingerprint density at radius 2 is 2.00 bits per heavy atom. The number of ether oxygens (including phenoxy) is 1. The van der Waals surface area contributed by atoms with Gasteiger partial charge in [0.1, 0.15) is 5.75 Å². The molecule has 0 atom stereocenters. The van der Waals surface area contributed by atoms with Gasteiger partial charge in [0, 0.05) is 29.2 Å². The van der Waals surface area contributed by atoms with Gasteiger partial charge in [-0.15, -0.1) is 0 Å². The van der Waals surface area contributed by atoms with Crippen LogP contribution in [-0.4, -0.2) is 24.0 Å². The van der Waals surface area contributed by atoms with Crippen LogP contribution in [0.2, 0.25) is 5.02 Å². The van der Waals surface area contributed by atoms with Crippen molar-refractivity contribution in [3.63, 3.8) is 0 Å². The molecule has 0 aliphatic heterocycles. The monoisotopic (exact) mass is 341 g/mol. The first-order chi connectivity index (χ1) is 11.7.